The fourth-order valence-electron chi connectivity index (χ4n) is 1.25. The zero-order chi connectivity index (χ0) is 10.9. The molecule has 2 nitrogen and oxygen atoms in total. The van der Waals surface area contributed by atoms with E-state index in [1.54, 1.807) is 0 Å². The average molecular weight is 218 g/mol. The van der Waals surface area contributed by atoms with Crippen LogP contribution in [0.5, 0.6) is 0 Å². The van der Waals surface area contributed by atoms with E-state index in [1.807, 2.05) is 20.8 Å². The Morgan fingerprint density at radius 3 is 2.20 bits per heavy atom. The average Bonchev–Trinajstić information content (AvgIpc) is 2.01. The number of aromatic carboxylic acids is 1. The third-order valence-corrected chi connectivity index (χ3v) is 2.01. The van der Waals surface area contributed by atoms with Crippen molar-refractivity contribution in [1.29, 1.82) is 0 Å². The van der Waals surface area contributed by atoms with Gasteiger partial charge in [-0.15, -0.1) is 0 Å². The van der Waals surface area contributed by atoms with E-state index in [-0.39, 0.29) is 40.5 Å². The predicted octanol–water partition coefficient (Wildman–Crippen LogP) is -1.51. The maximum absolute atomic E-state index is 13.4. The molecule has 1 rings (SSSR count). The topological polar surface area (TPSA) is 40.1 Å². The van der Waals surface area contributed by atoms with E-state index in [2.05, 4.69) is 0 Å². The van der Waals surface area contributed by atoms with Gasteiger partial charge in [-0.2, -0.15) is 0 Å². The minimum atomic E-state index is -1.36. The van der Waals surface area contributed by atoms with Gasteiger partial charge in [-0.05, 0) is 17.0 Å². The number of rotatable bonds is 1. The van der Waals surface area contributed by atoms with E-state index in [4.69, 9.17) is 0 Å². The molecule has 0 radical (unpaired) electrons. The molecule has 4 heteroatoms. The van der Waals surface area contributed by atoms with E-state index in [1.165, 1.54) is 12.1 Å². The second-order valence-corrected chi connectivity index (χ2v) is 4.23. The first-order valence-electron chi connectivity index (χ1n) is 4.34. The Balaban J connectivity index is 0.00000196. The fourth-order valence-corrected chi connectivity index (χ4v) is 1.25. The first kappa shape index (κ1) is 14.6. The molecule has 0 aliphatic carbocycles. The van der Waals surface area contributed by atoms with Gasteiger partial charge in [0.15, 0.2) is 0 Å². The maximum atomic E-state index is 13.4. The summed E-state index contributed by atoms with van der Waals surface area (Å²) in [5.74, 6) is -1.86. The van der Waals surface area contributed by atoms with Gasteiger partial charge in [0.05, 0.1) is 5.97 Å². The Bertz CT molecular complexity index is 369. The number of carbonyl (C=O) groups is 1. The summed E-state index contributed by atoms with van der Waals surface area (Å²) in [6, 6.07) is 3.84. The van der Waals surface area contributed by atoms with Crippen molar-refractivity contribution >= 4 is 5.97 Å². The van der Waals surface area contributed by atoms with Gasteiger partial charge < -0.3 is 9.90 Å². The number of carbonyl (C=O) groups excluding carboxylic acids is 1. The molecule has 1 aromatic rings. The minimum absolute atomic E-state index is 0. The Kier molecular flexibility index (Phi) is 4.97. The quantitative estimate of drug-likeness (QED) is 0.538. The van der Waals surface area contributed by atoms with Crippen molar-refractivity contribution in [3.63, 3.8) is 0 Å². The standard InChI is InChI=1S/C11H13FO2.Na/c1-11(2,3)8-5-4-7(10(13)14)6-9(8)12;/h4-6H,1-3H3,(H,13,14);/q;+1/p-1. The number of hydrogen-bond donors (Lipinski definition) is 0. The number of carboxylic acids is 1. The third kappa shape index (κ3) is 3.59. The van der Waals surface area contributed by atoms with Gasteiger partial charge >= 0.3 is 29.6 Å². The Labute approximate surface area is 111 Å². The first-order valence-corrected chi connectivity index (χ1v) is 4.34. The molecule has 0 unspecified atom stereocenters. The van der Waals surface area contributed by atoms with Crippen LogP contribution in [0.2, 0.25) is 0 Å². The largest absolute Gasteiger partial charge is 1.00 e. The molecule has 15 heavy (non-hydrogen) atoms. The molecule has 76 valence electrons. The van der Waals surface area contributed by atoms with Gasteiger partial charge in [-0.3, -0.25) is 0 Å². The minimum Gasteiger partial charge on any atom is -0.545 e. The second kappa shape index (κ2) is 5.10. The van der Waals surface area contributed by atoms with Crippen LogP contribution in [0.25, 0.3) is 0 Å². The molecule has 0 aliphatic heterocycles. The van der Waals surface area contributed by atoms with Crippen molar-refractivity contribution < 1.29 is 43.8 Å². The Morgan fingerprint density at radius 2 is 1.87 bits per heavy atom. The number of carboxylic acid groups (broad SMARTS) is 1. The predicted molar refractivity (Wildman–Crippen MR) is 49.4 cm³/mol. The van der Waals surface area contributed by atoms with E-state index in [0.717, 1.165) is 6.07 Å². The van der Waals surface area contributed by atoms with Crippen LogP contribution in [0.1, 0.15) is 36.7 Å². The molecule has 0 fully saturated rings. The van der Waals surface area contributed by atoms with Crippen LogP contribution in [-0.4, -0.2) is 5.97 Å². The fraction of sp³-hybridized carbons (Fsp3) is 0.364. The van der Waals surface area contributed by atoms with Crippen molar-refractivity contribution in [1.82, 2.24) is 0 Å². The molecule has 0 N–H and O–H groups in total. The van der Waals surface area contributed by atoms with Gasteiger partial charge in [0, 0.05) is 5.56 Å². The van der Waals surface area contributed by atoms with Crippen LogP contribution in [0, 0.1) is 5.82 Å². The van der Waals surface area contributed by atoms with Crippen molar-refractivity contribution in [2.45, 2.75) is 26.2 Å². The van der Waals surface area contributed by atoms with E-state index < -0.39 is 11.8 Å². The molecule has 0 bridgehead atoms. The van der Waals surface area contributed by atoms with Crippen LogP contribution in [-0.2, 0) is 5.41 Å². The van der Waals surface area contributed by atoms with Gasteiger partial charge in [-0.1, -0.05) is 32.9 Å². The third-order valence-electron chi connectivity index (χ3n) is 2.01. The Hall–Kier alpha value is -0.380. The molecule has 0 saturated heterocycles. The zero-order valence-electron chi connectivity index (χ0n) is 9.43. The van der Waals surface area contributed by atoms with Crippen molar-refractivity contribution in [3.8, 4) is 0 Å². The van der Waals surface area contributed by atoms with Crippen LogP contribution in [0.3, 0.4) is 0 Å². The summed E-state index contributed by atoms with van der Waals surface area (Å²) in [6.45, 7) is 5.60. The number of hydrogen-bond acceptors (Lipinski definition) is 2. The van der Waals surface area contributed by atoms with Gasteiger partial charge in [0.25, 0.3) is 0 Å². The molecule has 0 amide bonds. The molecule has 0 aromatic heterocycles. The molecular weight excluding hydrogens is 206 g/mol. The molecule has 0 saturated carbocycles. The van der Waals surface area contributed by atoms with E-state index in [0.29, 0.717) is 5.56 Å². The molecular formula is C11H12FNaO2. The number of benzene rings is 1. The van der Waals surface area contributed by atoms with Crippen molar-refractivity contribution in [2.24, 2.45) is 0 Å². The first-order chi connectivity index (χ1) is 6.32. The second-order valence-electron chi connectivity index (χ2n) is 4.23. The van der Waals surface area contributed by atoms with Crippen LogP contribution in [0.15, 0.2) is 18.2 Å². The summed E-state index contributed by atoms with van der Waals surface area (Å²) in [6.07, 6.45) is 0. The van der Waals surface area contributed by atoms with Crippen molar-refractivity contribution in [2.75, 3.05) is 0 Å². The summed E-state index contributed by atoms with van der Waals surface area (Å²) in [4.78, 5) is 10.4. The van der Waals surface area contributed by atoms with Crippen molar-refractivity contribution in [3.05, 3.63) is 35.1 Å². The summed E-state index contributed by atoms with van der Waals surface area (Å²) in [5.41, 5.74) is 0.0483. The van der Waals surface area contributed by atoms with Crippen LogP contribution >= 0.6 is 0 Å². The van der Waals surface area contributed by atoms with Crippen LogP contribution < -0.4 is 34.7 Å². The van der Waals surface area contributed by atoms with Crippen LogP contribution in [0.4, 0.5) is 4.39 Å². The summed E-state index contributed by atoms with van der Waals surface area (Å²) < 4.78 is 13.4. The summed E-state index contributed by atoms with van der Waals surface area (Å²) in [7, 11) is 0. The molecule has 0 atom stereocenters. The molecule has 0 aliphatic rings. The SMILES string of the molecule is CC(C)(C)c1ccc(C(=O)[O-])cc1F.[Na+]. The monoisotopic (exact) mass is 218 g/mol. The summed E-state index contributed by atoms with van der Waals surface area (Å²) in [5, 5.41) is 10.4. The van der Waals surface area contributed by atoms with Gasteiger partial charge in [-0.25, -0.2) is 4.39 Å². The van der Waals surface area contributed by atoms with E-state index >= 15 is 0 Å². The maximum Gasteiger partial charge on any atom is 1.00 e. The molecule has 0 heterocycles. The molecule has 0 spiro atoms. The summed E-state index contributed by atoms with van der Waals surface area (Å²) >= 11 is 0. The smallest absolute Gasteiger partial charge is 0.545 e. The number of halogens is 1. The zero-order valence-corrected chi connectivity index (χ0v) is 11.4. The Morgan fingerprint density at radius 1 is 1.33 bits per heavy atom. The molecule has 1 aromatic carbocycles. The normalized spacial score (nSPS) is 10.7. The van der Waals surface area contributed by atoms with Gasteiger partial charge in [0.2, 0.25) is 0 Å². The van der Waals surface area contributed by atoms with Gasteiger partial charge in [0.1, 0.15) is 5.82 Å². The van der Waals surface area contributed by atoms with E-state index in [9.17, 15) is 14.3 Å².